The van der Waals surface area contributed by atoms with Crippen molar-refractivity contribution in [2.24, 2.45) is 0 Å². The molecule has 1 saturated heterocycles. The summed E-state index contributed by atoms with van der Waals surface area (Å²) in [6.07, 6.45) is -0.371. The maximum absolute atomic E-state index is 10.4. The minimum absolute atomic E-state index is 0.315. The van der Waals surface area contributed by atoms with Crippen molar-refractivity contribution in [1.29, 1.82) is 0 Å². The molecule has 0 amide bonds. The van der Waals surface area contributed by atoms with E-state index in [0.717, 1.165) is 29.7 Å². The number of rotatable bonds is 6. The molecule has 0 aromatic heterocycles. The Kier molecular flexibility index (Phi) is 7.16. The number of hydrogen-bond acceptors (Lipinski definition) is 6. The van der Waals surface area contributed by atoms with Crippen molar-refractivity contribution in [3.8, 4) is 5.75 Å². The van der Waals surface area contributed by atoms with Gasteiger partial charge >= 0.3 is 0 Å². The minimum Gasteiger partial charge on any atom is -0.490 e. The topological polar surface area (TPSA) is 99.4 Å². The summed E-state index contributed by atoms with van der Waals surface area (Å²) in [5.41, 5.74) is 2.53. The lowest BCUT2D eigenvalue weighted by molar-refractivity contribution is -0.231. The van der Waals surface area contributed by atoms with Gasteiger partial charge in [-0.2, -0.15) is 0 Å². The van der Waals surface area contributed by atoms with E-state index in [0.29, 0.717) is 23.1 Å². The summed E-state index contributed by atoms with van der Waals surface area (Å²) in [5.74, 6) is 0.872. The molecule has 0 unspecified atom stereocenters. The lowest BCUT2D eigenvalue weighted by Gasteiger charge is -2.40. The van der Waals surface area contributed by atoms with Gasteiger partial charge in [0.25, 0.3) is 0 Å². The Morgan fingerprint density at radius 1 is 0.935 bits per heavy atom. The first kappa shape index (κ1) is 22.5. The SMILES string of the molecule is OC[C@H]1O[C@@H](c2ccc(Cl)c(Cc3ccc(OC4CCCC4)cc3)c2)[C@H](O)[C@@H](O)[C@@H]1O. The fourth-order valence-corrected chi connectivity index (χ4v) is 4.57. The van der Waals surface area contributed by atoms with Crippen LogP contribution >= 0.6 is 11.6 Å². The summed E-state index contributed by atoms with van der Waals surface area (Å²) >= 11 is 6.42. The average Bonchev–Trinajstić information content (AvgIpc) is 3.28. The van der Waals surface area contributed by atoms with E-state index in [2.05, 4.69) is 0 Å². The van der Waals surface area contributed by atoms with E-state index in [1.165, 1.54) is 12.8 Å². The Hall–Kier alpha value is -1.67. The second kappa shape index (κ2) is 9.86. The summed E-state index contributed by atoms with van der Waals surface area (Å²) < 4.78 is 11.7. The van der Waals surface area contributed by atoms with Crippen molar-refractivity contribution in [2.75, 3.05) is 6.61 Å². The van der Waals surface area contributed by atoms with E-state index in [4.69, 9.17) is 21.1 Å². The summed E-state index contributed by atoms with van der Waals surface area (Å²) in [4.78, 5) is 0. The monoisotopic (exact) mass is 448 g/mol. The first-order valence-electron chi connectivity index (χ1n) is 10.8. The van der Waals surface area contributed by atoms with Gasteiger partial charge in [-0.1, -0.05) is 35.9 Å². The van der Waals surface area contributed by atoms with Crippen LogP contribution in [0, 0.1) is 0 Å². The first-order valence-corrected chi connectivity index (χ1v) is 11.2. The van der Waals surface area contributed by atoms with Crippen LogP contribution in [-0.4, -0.2) is 57.6 Å². The fraction of sp³-hybridized carbons (Fsp3) is 0.500. The molecule has 0 radical (unpaired) electrons. The Bertz CT molecular complexity index is 865. The number of halogens is 1. The van der Waals surface area contributed by atoms with Gasteiger partial charge in [-0.15, -0.1) is 0 Å². The zero-order chi connectivity index (χ0) is 22.0. The van der Waals surface area contributed by atoms with Crippen LogP contribution in [0.1, 0.15) is 48.5 Å². The average molecular weight is 449 g/mol. The normalized spacial score (nSPS) is 29.3. The van der Waals surface area contributed by atoms with Crippen molar-refractivity contribution in [3.05, 3.63) is 64.2 Å². The maximum atomic E-state index is 10.4. The summed E-state index contributed by atoms with van der Waals surface area (Å²) in [7, 11) is 0. The molecule has 4 rings (SSSR count). The molecule has 2 aliphatic rings. The highest BCUT2D eigenvalue weighted by atomic mass is 35.5. The van der Waals surface area contributed by atoms with E-state index in [1.54, 1.807) is 12.1 Å². The summed E-state index contributed by atoms with van der Waals surface area (Å²) in [5, 5.41) is 40.5. The number of ether oxygens (including phenoxy) is 2. The van der Waals surface area contributed by atoms with Crippen LogP contribution in [0.25, 0.3) is 0 Å². The molecular weight excluding hydrogens is 420 g/mol. The molecule has 2 fully saturated rings. The smallest absolute Gasteiger partial charge is 0.119 e. The van der Waals surface area contributed by atoms with E-state index in [9.17, 15) is 20.4 Å². The van der Waals surface area contributed by atoms with Crippen LogP contribution in [0.4, 0.5) is 0 Å². The predicted octanol–water partition coefficient (Wildman–Crippen LogP) is 2.77. The summed E-state index contributed by atoms with van der Waals surface area (Å²) in [6, 6.07) is 13.3. The standard InChI is InChI=1S/C24H29ClO6/c25-19-10-7-15(24-23(29)22(28)21(27)20(13-26)31-24)12-16(19)11-14-5-8-18(9-6-14)30-17-3-1-2-4-17/h5-10,12,17,20-24,26-29H,1-4,11,13H2/t20-,21-,22+,23-,24+/m1/s1. The lowest BCUT2D eigenvalue weighted by atomic mass is 9.90. The molecule has 6 nitrogen and oxygen atoms in total. The maximum Gasteiger partial charge on any atom is 0.119 e. The van der Waals surface area contributed by atoms with Gasteiger partial charge in [0, 0.05) is 5.02 Å². The third kappa shape index (κ3) is 5.06. The predicted molar refractivity (Wildman–Crippen MR) is 116 cm³/mol. The van der Waals surface area contributed by atoms with Crippen molar-refractivity contribution in [2.45, 2.75) is 68.7 Å². The fourth-order valence-electron chi connectivity index (χ4n) is 4.39. The molecule has 0 spiro atoms. The highest BCUT2D eigenvalue weighted by Crippen LogP contribution is 2.34. The van der Waals surface area contributed by atoms with Crippen LogP contribution < -0.4 is 4.74 Å². The number of aliphatic hydroxyl groups excluding tert-OH is 4. The van der Waals surface area contributed by atoms with Crippen LogP contribution in [0.5, 0.6) is 5.75 Å². The number of benzene rings is 2. The molecule has 1 aliphatic carbocycles. The molecule has 31 heavy (non-hydrogen) atoms. The molecule has 168 valence electrons. The highest BCUT2D eigenvalue weighted by Gasteiger charge is 2.44. The van der Waals surface area contributed by atoms with Crippen LogP contribution in [0.3, 0.4) is 0 Å². The summed E-state index contributed by atoms with van der Waals surface area (Å²) in [6.45, 7) is -0.461. The second-order valence-corrected chi connectivity index (χ2v) is 8.85. The van der Waals surface area contributed by atoms with Crippen LogP contribution in [0.15, 0.2) is 42.5 Å². The third-order valence-electron chi connectivity index (χ3n) is 6.21. The Morgan fingerprint density at radius 2 is 1.65 bits per heavy atom. The molecule has 7 heteroatoms. The minimum atomic E-state index is -1.41. The quantitative estimate of drug-likeness (QED) is 0.542. The number of aliphatic hydroxyl groups is 4. The molecule has 2 aromatic carbocycles. The molecule has 2 aromatic rings. The largest absolute Gasteiger partial charge is 0.490 e. The van der Waals surface area contributed by atoms with Gasteiger partial charge in [0.2, 0.25) is 0 Å². The highest BCUT2D eigenvalue weighted by molar-refractivity contribution is 6.31. The zero-order valence-electron chi connectivity index (χ0n) is 17.2. The van der Waals surface area contributed by atoms with Crippen molar-refractivity contribution >= 4 is 11.6 Å². The van der Waals surface area contributed by atoms with Gasteiger partial charge in [-0.05, 0) is 67.0 Å². The molecule has 1 aliphatic heterocycles. The third-order valence-corrected chi connectivity index (χ3v) is 6.58. The van der Waals surface area contributed by atoms with E-state index in [-0.39, 0.29) is 0 Å². The molecule has 5 atom stereocenters. The lowest BCUT2D eigenvalue weighted by Crippen LogP contribution is -2.55. The first-order chi connectivity index (χ1) is 15.0. The van der Waals surface area contributed by atoms with E-state index >= 15 is 0 Å². The molecule has 1 heterocycles. The molecule has 1 saturated carbocycles. The van der Waals surface area contributed by atoms with Gasteiger partial charge < -0.3 is 29.9 Å². The van der Waals surface area contributed by atoms with Crippen molar-refractivity contribution < 1.29 is 29.9 Å². The number of hydrogen-bond donors (Lipinski definition) is 4. The van der Waals surface area contributed by atoms with Crippen LogP contribution in [0.2, 0.25) is 5.02 Å². The van der Waals surface area contributed by atoms with Gasteiger partial charge in [-0.3, -0.25) is 0 Å². The van der Waals surface area contributed by atoms with Gasteiger partial charge in [0.05, 0.1) is 12.7 Å². The van der Waals surface area contributed by atoms with Gasteiger partial charge in [0.15, 0.2) is 0 Å². The zero-order valence-corrected chi connectivity index (χ0v) is 18.0. The Morgan fingerprint density at radius 3 is 2.32 bits per heavy atom. The Balaban J connectivity index is 1.49. The molecular formula is C24H29ClO6. The van der Waals surface area contributed by atoms with E-state index in [1.807, 2.05) is 30.3 Å². The molecule has 0 bridgehead atoms. The van der Waals surface area contributed by atoms with Gasteiger partial charge in [-0.25, -0.2) is 0 Å². The molecule has 4 N–H and O–H groups in total. The Labute approximate surface area is 187 Å². The second-order valence-electron chi connectivity index (χ2n) is 8.45. The van der Waals surface area contributed by atoms with Gasteiger partial charge in [0.1, 0.15) is 36.3 Å². The van der Waals surface area contributed by atoms with Crippen molar-refractivity contribution in [3.63, 3.8) is 0 Å². The van der Waals surface area contributed by atoms with Crippen LogP contribution in [-0.2, 0) is 11.2 Å². The van der Waals surface area contributed by atoms with E-state index < -0.39 is 37.1 Å². The van der Waals surface area contributed by atoms with Crippen molar-refractivity contribution in [1.82, 2.24) is 0 Å².